The van der Waals surface area contributed by atoms with E-state index in [0.717, 1.165) is 0 Å². The maximum atomic E-state index is 2.67. The van der Waals surface area contributed by atoms with E-state index in [0.29, 0.717) is 6.17 Å². The summed E-state index contributed by atoms with van der Waals surface area (Å²) in [7, 11) is 0. The predicted octanol–water partition coefficient (Wildman–Crippen LogP) is 11.2. The molecule has 2 nitrogen and oxygen atoms in total. The molecule has 0 aromatic rings. The third-order valence-corrected chi connectivity index (χ3v) is 8.07. The SMILES string of the molecule is CCCCCCCCCCCCCCCCCN1C=CN(CCCCCCCCC)C1CCCC. The molecule has 0 saturated carbocycles. The van der Waals surface area contributed by atoms with E-state index in [-0.39, 0.29) is 0 Å². The van der Waals surface area contributed by atoms with Crippen molar-refractivity contribution in [2.45, 2.75) is 187 Å². The summed E-state index contributed by atoms with van der Waals surface area (Å²) in [5, 5.41) is 0. The molecule has 0 aromatic heterocycles. The first-order valence-electron chi connectivity index (χ1n) is 16.5. The van der Waals surface area contributed by atoms with Gasteiger partial charge in [0.25, 0.3) is 0 Å². The molecule has 1 rings (SSSR count). The van der Waals surface area contributed by atoms with Gasteiger partial charge in [0.15, 0.2) is 0 Å². The van der Waals surface area contributed by atoms with E-state index in [9.17, 15) is 0 Å². The van der Waals surface area contributed by atoms with E-state index in [4.69, 9.17) is 0 Å². The van der Waals surface area contributed by atoms with E-state index in [2.05, 4.69) is 43.0 Å². The van der Waals surface area contributed by atoms with Gasteiger partial charge in [0, 0.05) is 25.5 Å². The van der Waals surface area contributed by atoms with Crippen LogP contribution in [-0.4, -0.2) is 29.1 Å². The molecule has 0 fully saturated rings. The topological polar surface area (TPSA) is 6.48 Å². The normalized spacial score (nSPS) is 15.6. The van der Waals surface area contributed by atoms with Gasteiger partial charge in [-0.25, -0.2) is 0 Å². The van der Waals surface area contributed by atoms with Gasteiger partial charge in [-0.15, -0.1) is 0 Å². The molecular formula is C33H66N2. The number of hydrogen-bond acceptors (Lipinski definition) is 2. The summed E-state index contributed by atoms with van der Waals surface area (Å²) >= 11 is 0. The van der Waals surface area contributed by atoms with E-state index in [1.807, 2.05) is 0 Å². The van der Waals surface area contributed by atoms with Crippen LogP contribution in [0.15, 0.2) is 12.4 Å². The van der Waals surface area contributed by atoms with Crippen molar-refractivity contribution in [3.8, 4) is 0 Å². The second-order valence-electron chi connectivity index (χ2n) is 11.5. The van der Waals surface area contributed by atoms with Gasteiger partial charge in [-0.05, 0) is 25.7 Å². The Balaban J connectivity index is 2.01. The van der Waals surface area contributed by atoms with Crippen LogP contribution < -0.4 is 0 Å². The molecule has 0 aliphatic carbocycles. The Morgan fingerprint density at radius 2 is 0.657 bits per heavy atom. The van der Waals surface area contributed by atoms with Crippen LogP contribution >= 0.6 is 0 Å². The Labute approximate surface area is 222 Å². The number of unbranched alkanes of at least 4 members (excludes halogenated alkanes) is 21. The molecule has 1 atom stereocenters. The third kappa shape index (κ3) is 18.3. The van der Waals surface area contributed by atoms with Gasteiger partial charge in [0.1, 0.15) is 6.17 Å². The van der Waals surface area contributed by atoms with Crippen molar-refractivity contribution in [3.05, 3.63) is 12.4 Å². The molecule has 1 unspecified atom stereocenters. The lowest BCUT2D eigenvalue weighted by atomic mass is 10.0. The van der Waals surface area contributed by atoms with E-state index in [1.54, 1.807) is 0 Å². The highest BCUT2D eigenvalue weighted by Gasteiger charge is 2.24. The highest BCUT2D eigenvalue weighted by Crippen LogP contribution is 2.23. The lowest BCUT2D eigenvalue weighted by Gasteiger charge is -2.33. The second kappa shape index (κ2) is 25.0. The highest BCUT2D eigenvalue weighted by molar-refractivity contribution is 4.96. The lowest BCUT2D eigenvalue weighted by molar-refractivity contribution is 0.136. The highest BCUT2D eigenvalue weighted by atomic mass is 15.4. The van der Waals surface area contributed by atoms with Gasteiger partial charge in [0.2, 0.25) is 0 Å². The fourth-order valence-corrected chi connectivity index (χ4v) is 5.64. The van der Waals surface area contributed by atoms with Crippen LogP contribution in [0.1, 0.15) is 181 Å². The molecule has 0 aromatic carbocycles. The minimum atomic E-state index is 0.640. The van der Waals surface area contributed by atoms with Crippen LogP contribution in [-0.2, 0) is 0 Å². The smallest absolute Gasteiger partial charge is 0.101 e. The van der Waals surface area contributed by atoms with Crippen molar-refractivity contribution in [2.24, 2.45) is 0 Å². The number of nitrogens with zero attached hydrogens (tertiary/aromatic N) is 2. The number of rotatable bonds is 27. The van der Waals surface area contributed by atoms with Gasteiger partial charge < -0.3 is 9.80 Å². The van der Waals surface area contributed by atoms with Gasteiger partial charge in [0.05, 0.1) is 0 Å². The van der Waals surface area contributed by atoms with Gasteiger partial charge in [-0.1, -0.05) is 156 Å². The summed E-state index contributed by atoms with van der Waals surface area (Å²) in [5.74, 6) is 0. The van der Waals surface area contributed by atoms with Crippen LogP contribution in [0, 0.1) is 0 Å². The van der Waals surface area contributed by atoms with Gasteiger partial charge in [-0.2, -0.15) is 0 Å². The van der Waals surface area contributed by atoms with Gasteiger partial charge in [-0.3, -0.25) is 0 Å². The Morgan fingerprint density at radius 1 is 0.371 bits per heavy atom. The summed E-state index contributed by atoms with van der Waals surface area (Å²) in [6.07, 6.45) is 41.0. The fraction of sp³-hybridized carbons (Fsp3) is 0.939. The monoisotopic (exact) mass is 491 g/mol. The average Bonchev–Trinajstić information content (AvgIpc) is 3.25. The van der Waals surface area contributed by atoms with Crippen molar-refractivity contribution in [3.63, 3.8) is 0 Å². The maximum absolute atomic E-state index is 2.67. The Morgan fingerprint density at radius 3 is 0.971 bits per heavy atom. The van der Waals surface area contributed by atoms with Crippen LogP contribution in [0.4, 0.5) is 0 Å². The molecule has 0 saturated heterocycles. The van der Waals surface area contributed by atoms with Crippen LogP contribution in [0.25, 0.3) is 0 Å². The predicted molar refractivity (Wildman–Crippen MR) is 159 cm³/mol. The van der Waals surface area contributed by atoms with E-state index >= 15 is 0 Å². The minimum absolute atomic E-state index is 0.640. The molecule has 0 spiro atoms. The summed E-state index contributed by atoms with van der Waals surface area (Å²) in [6.45, 7) is 9.47. The van der Waals surface area contributed by atoms with Crippen molar-refractivity contribution in [1.82, 2.24) is 9.80 Å². The zero-order valence-electron chi connectivity index (χ0n) is 24.7. The van der Waals surface area contributed by atoms with Crippen LogP contribution in [0.2, 0.25) is 0 Å². The first-order valence-corrected chi connectivity index (χ1v) is 16.5. The fourth-order valence-electron chi connectivity index (χ4n) is 5.64. The lowest BCUT2D eigenvalue weighted by Crippen LogP contribution is -2.39. The molecule has 0 radical (unpaired) electrons. The molecule has 35 heavy (non-hydrogen) atoms. The Kier molecular flexibility index (Phi) is 23.1. The van der Waals surface area contributed by atoms with Crippen molar-refractivity contribution >= 4 is 0 Å². The van der Waals surface area contributed by atoms with Crippen molar-refractivity contribution in [1.29, 1.82) is 0 Å². The standard InChI is InChI=1S/C33H66N2/c1-4-7-10-12-14-15-16-17-18-19-20-21-23-25-27-30-35-32-31-34(33(35)28-9-6-3)29-26-24-22-13-11-8-5-2/h31-33H,4-30H2,1-3H3. The second-order valence-corrected chi connectivity index (χ2v) is 11.5. The third-order valence-electron chi connectivity index (χ3n) is 8.07. The van der Waals surface area contributed by atoms with Crippen LogP contribution in [0.5, 0.6) is 0 Å². The molecular weight excluding hydrogens is 424 g/mol. The van der Waals surface area contributed by atoms with E-state index in [1.165, 1.54) is 174 Å². The molecule has 1 aliphatic rings. The molecule has 1 heterocycles. The number of hydrogen-bond donors (Lipinski definition) is 0. The minimum Gasteiger partial charge on any atom is -0.356 e. The maximum Gasteiger partial charge on any atom is 0.101 e. The summed E-state index contributed by atoms with van der Waals surface area (Å²) < 4.78 is 0. The summed E-state index contributed by atoms with van der Waals surface area (Å²) in [6, 6.07) is 0. The average molecular weight is 491 g/mol. The first kappa shape index (κ1) is 32.4. The van der Waals surface area contributed by atoms with Crippen LogP contribution in [0.3, 0.4) is 0 Å². The molecule has 0 N–H and O–H groups in total. The van der Waals surface area contributed by atoms with E-state index < -0.39 is 0 Å². The van der Waals surface area contributed by atoms with Crippen molar-refractivity contribution in [2.75, 3.05) is 13.1 Å². The van der Waals surface area contributed by atoms with Gasteiger partial charge >= 0.3 is 0 Å². The first-order chi connectivity index (χ1) is 17.3. The summed E-state index contributed by atoms with van der Waals surface area (Å²) in [5.41, 5.74) is 0. The largest absolute Gasteiger partial charge is 0.356 e. The Hall–Kier alpha value is -0.660. The molecule has 2 heteroatoms. The summed E-state index contributed by atoms with van der Waals surface area (Å²) in [4.78, 5) is 5.33. The molecule has 0 amide bonds. The molecule has 1 aliphatic heterocycles. The Bertz CT molecular complexity index is 446. The quantitative estimate of drug-likeness (QED) is 0.106. The zero-order chi connectivity index (χ0) is 25.2. The zero-order valence-corrected chi connectivity index (χ0v) is 24.7. The molecule has 0 bridgehead atoms. The van der Waals surface area contributed by atoms with Crippen molar-refractivity contribution < 1.29 is 0 Å². The molecule has 208 valence electrons.